The van der Waals surface area contributed by atoms with Crippen LogP contribution in [0.4, 0.5) is 32.2 Å². The second-order valence-electron chi connectivity index (χ2n) is 9.06. The SMILES string of the molecule is COc1ncc(-c2cc(C(F)(F)F)c3c(N)ncnn23)cc1C(=O)NC1CN(C(=O)c2cc(F)ccc2F)CC1F. The van der Waals surface area contributed by atoms with E-state index in [4.69, 9.17) is 10.5 Å². The Labute approximate surface area is 226 Å². The number of fused-ring (bicyclic) bond motifs is 1. The number of nitrogens with zero attached hydrogens (tertiary/aromatic N) is 5. The third-order valence-electron chi connectivity index (χ3n) is 6.48. The Kier molecular flexibility index (Phi) is 6.92. The van der Waals surface area contributed by atoms with Crippen molar-refractivity contribution in [2.75, 3.05) is 25.9 Å². The lowest BCUT2D eigenvalue weighted by molar-refractivity contribution is -0.136. The number of aromatic nitrogens is 4. The van der Waals surface area contributed by atoms with Gasteiger partial charge in [0, 0.05) is 18.3 Å². The van der Waals surface area contributed by atoms with Crippen LogP contribution < -0.4 is 15.8 Å². The fourth-order valence-electron chi connectivity index (χ4n) is 4.55. The standard InChI is InChI=1S/C25H19F6N7O3/c1-41-23-14(4-11(7-33-23)19-6-15(25(29,30)31)20-21(32)34-10-35-38(19)20)22(39)36-18-9-37(8-17(18)28)24(40)13-5-12(26)2-3-16(13)27/h2-7,10,17-18H,8-9H2,1H3,(H,36,39)(H2,32,34,35). The number of nitrogens with one attached hydrogen (secondary N) is 1. The summed E-state index contributed by atoms with van der Waals surface area (Å²) in [6.45, 7) is -0.877. The van der Waals surface area contributed by atoms with Crippen LogP contribution in [0.2, 0.25) is 0 Å². The normalized spacial score (nSPS) is 17.2. The number of hydrogen-bond donors (Lipinski definition) is 2. The second-order valence-corrected chi connectivity index (χ2v) is 9.06. The zero-order valence-electron chi connectivity index (χ0n) is 20.9. The largest absolute Gasteiger partial charge is 0.480 e. The maximum atomic E-state index is 14.9. The highest BCUT2D eigenvalue weighted by atomic mass is 19.4. The zero-order chi connectivity index (χ0) is 29.6. The number of ether oxygens (including phenoxy) is 1. The predicted octanol–water partition coefficient (Wildman–Crippen LogP) is 3.27. The second kappa shape index (κ2) is 10.3. The molecular weight excluding hydrogens is 560 g/mol. The molecule has 0 spiro atoms. The minimum Gasteiger partial charge on any atom is -0.480 e. The van der Waals surface area contributed by atoms with Gasteiger partial charge in [-0.15, -0.1) is 0 Å². The van der Waals surface area contributed by atoms with Crippen LogP contribution in [-0.2, 0) is 6.18 Å². The van der Waals surface area contributed by atoms with E-state index >= 15 is 0 Å². The smallest absolute Gasteiger partial charge is 0.418 e. The Morgan fingerprint density at radius 2 is 1.85 bits per heavy atom. The fraction of sp³-hybridized carbons (Fsp3) is 0.240. The first kappa shape index (κ1) is 27.7. The van der Waals surface area contributed by atoms with Crippen molar-refractivity contribution in [3.05, 3.63) is 71.2 Å². The van der Waals surface area contributed by atoms with Gasteiger partial charge in [0.1, 0.15) is 35.2 Å². The quantitative estimate of drug-likeness (QED) is 0.348. The van der Waals surface area contributed by atoms with Gasteiger partial charge in [-0.3, -0.25) is 9.59 Å². The van der Waals surface area contributed by atoms with E-state index in [1.807, 2.05) is 0 Å². The summed E-state index contributed by atoms with van der Waals surface area (Å²) in [5.74, 6) is -4.38. The van der Waals surface area contributed by atoms with Crippen molar-refractivity contribution in [1.82, 2.24) is 29.8 Å². The van der Waals surface area contributed by atoms with Gasteiger partial charge in [0.2, 0.25) is 5.88 Å². The van der Waals surface area contributed by atoms with Gasteiger partial charge in [0.15, 0.2) is 5.82 Å². The lowest BCUT2D eigenvalue weighted by Crippen LogP contribution is -2.42. The van der Waals surface area contributed by atoms with Crippen molar-refractivity contribution in [2.45, 2.75) is 18.4 Å². The maximum absolute atomic E-state index is 14.9. The lowest BCUT2D eigenvalue weighted by atomic mass is 10.1. The van der Waals surface area contributed by atoms with E-state index in [1.54, 1.807) is 0 Å². The average molecular weight is 579 g/mol. The first-order chi connectivity index (χ1) is 19.4. The van der Waals surface area contributed by atoms with Gasteiger partial charge in [0.05, 0.1) is 36.5 Å². The van der Waals surface area contributed by atoms with Crippen molar-refractivity contribution in [1.29, 1.82) is 0 Å². The number of carbonyl (C=O) groups excluding carboxylic acids is 2. The van der Waals surface area contributed by atoms with Crippen LogP contribution in [0.3, 0.4) is 0 Å². The van der Waals surface area contributed by atoms with E-state index in [0.717, 1.165) is 40.1 Å². The maximum Gasteiger partial charge on any atom is 0.418 e. The first-order valence-corrected chi connectivity index (χ1v) is 11.8. The van der Waals surface area contributed by atoms with Gasteiger partial charge in [-0.1, -0.05) is 0 Å². The molecule has 1 saturated heterocycles. The van der Waals surface area contributed by atoms with Gasteiger partial charge in [0.25, 0.3) is 11.8 Å². The van der Waals surface area contributed by atoms with Crippen LogP contribution in [0.1, 0.15) is 26.3 Å². The number of alkyl halides is 4. The molecule has 0 bridgehead atoms. The summed E-state index contributed by atoms with van der Waals surface area (Å²) in [7, 11) is 1.20. The molecule has 2 atom stereocenters. The number of nitrogens with two attached hydrogens (primary N) is 1. The summed E-state index contributed by atoms with van der Waals surface area (Å²) in [4.78, 5) is 34.4. The topological polar surface area (TPSA) is 128 Å². The molecule has 4 aromatic rings. The number of likely N-dealkylation sites (tertiary alicyclic amines) is 1. The number of hydrogen-bond acceptors (Lipinski definition) is 7. The number of rotatable bonds is 5. The van der Waals surface area contributed by atoms with E-state index in [9.17, 15) is 35.9 Å². The molecule has 3 N–H and O–H groups in total. The van der Waals surface area contributed by atoms with Crippen LogP contribution >= 0.6 is 0 Å². The number of anilines is 1. The van der Waals surface area contributed by atoms with E-state index in [1.165, 1.54) is 13.2 Å². The number of methoxy groups -OCH3 is 1. The molecule has 41 heavy (non-hydrogen) atoms. The third kappa shape index (κ3) is 5.07. The van der Waals surface area contributed by atoms with Crippen LogP contribution in [0.5, 0.6) is 5.88 Å². The Morgan fingerprint density at radius 1 is 1.10 bits per heavy atom. The summed E-state index contributed by atoms with van der Waals surface area (Å²) in [5.41, 5.74) is 3.11. The molecule has 16 heteroatoms. The molecule has 4 heterocycles. The summed E-state index contributed by atoms with van der Waals surface area (Å²) in [6, 6.07) is 2.98. The van der Waals surface area contributed by atoms with Crippen molar-refractivity contribution >= 4 is 23.1 Å². The van der Waals surface area contributed by atoms with E-state index in [-0.39, 0.29) is 29.2 Å². The van der Waals surface area contributed by atoms with Crippen LogP contribution in [0, 0.1) is 11.6 Å². The first-order valence-electron chi connectivity index (χ1n) is 11.8. The molecule has 2 unspecified atom stereocenters. The minimum absolute atomic E-state index is 0.0150. The molecule has 214 valence electrons. The minimum atomic E-state index is -4.81. The summed E-state index contributed by atoms with van der Waals surface area (Å²) < 4.78 is 89.7. The highest BCUT2D eigenvalue weighted by Gasteiger charge is 2.39. The Hall–Kier alpha value is -4.89. The zero-order valence-corrected chi connectivity index (χ0v) is 20.9. The monoisotopic (exact) mass is 579 g/mol. The van der Waals surface area contributed by atoms with E-state index < -0.39 is 70.8 Å². The molecular formula is C25H19F6N7O3. The number of benzene rings is 1. The van der Waals surface area contributed by atoms with Gasteiger partial charge >= 0.3 is 6.18 Å². The number of nitrogen functional groups attached to an aromatic ring is 1. The third-order valence-corrected chi connectivity index (χ3v) is 6.48. The van der Waals surface area contributed by atoms with Gasteiger partial charge in [-0.2, -0.15) is 18.3 Å². The van der Waals surface area contributed by atoms with Crippen LogP contribution in [0.25, 0.3) is 16.8 Å². The van der Waals surface area contributed by atoms with Crippen molar-refractivity contribution in [3.8, 4) is 17.1 Å². The Morgan fingerprint density at radius 3 is 2.56 bits per heavy atom. The number of pyridine rings is 1. The molecule has 2 amide bonds. The van der Waals surface area contributed by atoms with Gasteiger partial charge < -0.3 is 20.7 Å². The predicted molar refractivity (Wildman–Crippen MR) is 131 cm³/mol. The molecule has 0 saturated carbocycles. The van der Waals surface area contributed by atoms with Crippen molar-refractivity contribution < 1.29 is 40.7 Å². The molecule has 0 radical (unpaired) electrons. The molecule has 1 aromatic carbocycles. The molecule has 1 fully saturated rings. The number of halogens is 6. The molecule has 1 aliphatic heterocycles. The van der Waals surface area contributed by atoms with Gasteiger partial charge in [-0.05, 0) is 30.3 Å². The Bertz CT molecular complexity index is 1680. The average Bonchev–Trinajstić information content (AvgIpc) is 3.51. The highest BCUT2D eigenvalue weighted by molar-refractivity contribution is 5.98. The fourth-order valence-corrected chi connectivity index (χ4v) is 4.55. The van der Waals surface area contributed by atoms with Crippen molar-refractivity contribution in [2.24, 2.45) is 0 Å². The Balaban J connectivity index is 1.44. The number of amides is 2. The lowest BCUT2D eigenvalue weighted by Gasteiger charge is -2.18. The molecule has 0 aliphatic carbocycles. The van der Waals surface area contributed by atoms with E-state index in [0.29, 0.717) is 6.07 Å². The highest BCUT2D eigenvalue weighted by Crippen LogP contribution is 2.39. The molecule has 5 rings (SSSR count). The van der Waals surface area contributed by atoms with Crippen molar-refractivity contribution in [3.63, 3.8) is 0 Å². The summed E-state index contributed by atoms with van der Waals surface area (Å²) in [6.07, 6.45) is -4.47. The van der Waals surface area contributed by atoms with E-state index in [2.05, 4.69) is 20.4 Å². The molecule has 3 aromatic heterocycles. The van der Waals surface area contributed by atoms with Crippen LogP contribution in [-0.4, -0.2) is 68.7 Å². The molecule has 10 nitrogen and oxygen atoms in total. The number of carbonyl (C=O) groups is 2. The summed E-state index contributed by atoms with van der Waals surface area (Å²) >= 11 is 0. The van der Waals surface area contributed by atoms with Gasteiger partial charge in [-0.25, -0.2) is 27.7 Å². The molecule has 1 aliphatic rings. The van der Waals surface area contributed by atoms with Crippen LogP contribution in [0.15, 0.2) is 42.9 Å². The summed E-state index contributed by atoms with van der Waals surface area (Å²) in [5, 5.41) is 6.26.